The fraction of sp³-hybridized carbons (Fsp3) is 0.143. The lowest BCUT2D eigenvalue weighted by Gasteiger charge is -1.94. The highest BCUT2D eigenvalue weighted by atomic mass is 79.9. The van der Waals surface area contributed by atoms with Crippen LogP contribution in [0.15, 0.2) is 16.7 Å². The van der Waals surface area contributed by atoms with Gasteiger partial charge in [-0.1, -0.05) is 0 Å². The van der Waals surface area contributed by atoms with Crippen LogP contribution in [0, 0.1) is 0 Å². The van der Waals surface area contributed by atoms with Gasteiger partial charge in [0.1, 0.15) is 10.4 Å². The molecular formula is C7H4BrNO2. The van der Waals surface area contributed by atoms with E-state index in [1.165, 1.54) is 0 Å². The number of halogens is 1. The monoisotopic (exact) mass is 213 g/mol. The van der Waals surface area contributed by atoms with Crippen molar-refractivity contribution in [1.82, 2.24) is 4.98 Å². The molecule has 0 bridgehead atoms. The molecule has 0 amide bonds. The fourth-order valence-corrected chi connectivity index (χ4v) is 1.26. The highest BCUT2D eigenvalue weighted by molar-refractivity contribution is 9.10. The van der Waals surface area contributed by atoms with E-state index in [1.807, 2.05) is 0 Å². The Morgan fingerprint density at radius 2 is 2.36 bits per heavy atom. The van der Waals surface area contributed by atoms with Gasteiger partial charge in [-0.3, -0.25) is 4.79 Å². The van der Waals surface area contributed by atoms with Gasteiger partial charge < -0.3 is 4.74 Å². The van der Waals surface area contributed by atoms with Gasteiger partial charge in [0.05, 0.1) is 0 Å². The van der Waals surface area contributed by atoms with Crippen molar-refractivity contribution in [2.45, 2.75) is 0 Å². The number of aromatic nitrogens is 1. The number of hydrogen-bond donors (Lipinski definition) is 0. The molecule has 1 aliphatic heterocycles. The predicted molar refractivity (Wildman–Crippen MR) is 41.8 cm³/mol. The minimum absolute atomic E-state index is 0.0544. The van der Waals surface area contributed by atoms with E-state index < -0.39 is 0 Å². The van der Waals surface area contributed by atoms with Gasteiger partial charge in [-0.05, 0) is 28.1 Å². The van der Waals surface area contributed by atoms with Gasteiger partial charge in [-0.2, -0.15) is 0 Å². The molecule has 0 N–H and O–H groups in total. The van der Waals surface area contributed by atoms with E-state index in [4.69, 9.17) is 4.74 Å². The van der Waals surface area contributed by atoms with Gasteiger partial charge >= 0.3 is 0 Å². The third kappa shape index (κ3) is 1.03. The maximum Gasteiger partial charge on any atom is 0.222 e. The van der Waals surface area contributed by atoms with E-state index in [9.17, 15) is 4.79 Å². The number of hydrogen-bond acceptors (Lipinski definition) is 3. The Kier molecular flexibility index (Phi) is 1.42. The number of pyridine rings is 1. The van der Waals surface area contributed by atoms with Crippen LogP contribution >= 0.6 is 15.9 Å². The first kappa shape index (κ1) is 6.79. The lowest BCUT2D eigenvalue weighted by Crippen LogP contribution is -2.00. The van der Waals surface area contributed by atoms with Crippen LogP contribution in [0.25, 0.3) is 0 Å². The summed E-state index contributed by atoms with van der Waals surface area (Å²) < 4.78 is 5.69. The fourth-order valence-electron chi connectivity index (χ4n) is 0.950. The van der Waals surface area contributed by atoms with Gasteiger partial charge in [0.15, 0.2) is 12.3 Å². The molecule has 4 heteroatoms. The van der Waals surface area contributed by atoms with Gasteiger partial charge in [-0.25, -0.2) is 4.98 Å². The summed E-state index contributed by atoms with van der Waals surface area (Å²) in [5.74, 6) is 0.527. The van der Waals surface area contributed by atoms with Crippen LogP contribution in [0.2, 0.25) is 0 Å². The molecule has 0 radical (unpaired) electrons. The van der Waals surface area contributed by atoms with Gasteiger partial charge in [0.25, 0.3) is 0 Å². The molecule has 0 saturated carbocycles. The smallest absolute Gasteiger partial charge is 0.222 e. The van der Waals surface area contributed by atoms with Crippen LogP contribution in [0.4, 0.5) is 0 Å². The summed E-state index contributed by atoms with van der Waals surface area (Å²) in [6.07, 6.45) is 0. The highest BCUT2D eigenvalue weighted by Crippen LogP contribution is 2.24. The number of Topliss-reactive ketones (excluding diaryl/α,β-unsaturated/α-hetero) is 1. The zero-order valence-electron chi connectivity index (χ0n) is 5.50. The molecule has 0 atom stereocenters. The lowest BCUT2D eigenvalue weighted by molar-refractivity contribution is 0.0958. The minimum atomic E-state index is -0.0544. The highest BCUT2D eigenvalue weighted by Gasteiger charge is 2.22. The molecule has 0 aliphatic carbocycles. The summed E-state index contributed by atoms with van der Waals surface area (Å²) in [5.41, 5.74) is 0.430. The summed E-state index contributed by atoms with van der Waals surface area (Å²) in [7, 11) is 0. The first-order valence-electron chi connectivity index (χ1n) is 3.10. The van der Waals surface area contributed by atoms with E-state index in [2.05, 4.69) is 20.9 Å². The van der Waals surface area contributed by atoms with E-state index in [0.29, 0.717) is 16.0 Å². The van der Waals surface area contributed by atoms with E-state index >= 15 is 0 Å². The van der Waals surface area contributed by atoms with Crippen LogP contribution in [0.1, 0.15) is 10.5 Å². The maximum atomic E-state index is 11.0. The maximum absolute atomic E-state index is 11.0. The normalized spacial score (nSPS) is 14.5. The Hall–Kier alpha value is -0.900. The second kappa shape index (κ2) is 2.30. The molecule has 2 heterocycles. The molecule has 11 heavy (non-hydrogen) atoms. The van der Waals surface area contributed by atoms with Crippen molar-refractivity contribution >= 4 is 21.7 Å². The van der Waals surface area contributed by atoms with Gasteiger partial charge in [0.2, 0.25) is 5.78 Å². The molecule has 0 saturated heterocycles. The molecule has 0 fully saturated rings. The van der Waals surface area contributed by atoms with Crippen LogP contribution in [0.5, 0.6) is 5.75 Å². The average molecular weight is 214 g/mol. The van der Waals surface area contributed by atoms with Crippen molar-refractivity contribution in [1.29, 1.82) is 0 Å². The first-order valence-corrected chi connectivity index (χ1v) is 3.89. The van der Waals surface area contributed by atoms with Crippen LogP contribution < -0.4 is 4.74 Å². The Balaban J connectivity index is 2.60. The molecule has 1 aromatic rings. The number of nitrogens with zero attached hydrogens (tertiary/aromatic N) is 1. The van der Waals surface area contributed by atoms with Crippen molar-refractivity contribution in [3.63, 3.8) is 0 Å². The molecular weight excluding hydrogens is 210 g/mol. The Morgan fingerprint density at radius 1 is 1.55 bits per heavy atom. The second-order valence-corrected chi connectivity index (χ2v) is 3.01. The van der Waals surface area contributed by atoms with Crippen LogP contribution in [-0.4, -0.2) is 17.4 Å². The summed E-state index contributed by atoms with van der Waals surface area (Å²) >= 11 is 3.17. The van der Waals surface area contributed by atoms with Crippen molar-refractivity contribution in [3.05, 3.63) is 22.4 Å². The summed E-state index contributed by atoms with van der Waals surface area (Å²) in [5, 5.41) is 0. The van der Waals surface area contributed by atoms with E-state index in [-0.39, 0.29) is 12.4 Å². The second-order valence-electron chi connectivity index (χ2n) is 2.19. The topological polar surface area (TPSA) is 39.2 Å². The van der Waals surface area contributed by atoms with Gasteiger partial charge in [-0.15, -0.1) is 0 Å². The first-order chi connectivity index (χ1) is 5.27. The minimum Gasteiger partial charge on any atom is -0.483 e. The number of fused-ring (bicyclic) bond motifs is 1. The van der Waals surface area contributed by atoms with E-state index in [1.54, 1.807) is 12.1 Å². The molecule has 56 valence electrons. The summed E-state index contributed by atoms with van der Waals surface area (Å²) in [6, 6.07) is 3.48. The van der Waals surface area contributed by atoms with E-state index in [0.717, 1.165) is 0 Å². The molecule has 1 aliphatic rings. The Labute approximate surface area is 71.5 Å². The third-order valence-corrected chi connectivity index (χ3v) is 1.89. The zero-order chi connectivity index (χ0) is 7.84. The van der Waals surface area contributed by atoms with Crippen LogP contribution in [-0.2, 0) is 0 Å². The van der Waals surface area contributed by atoms with Crippen molar-refractivity contribution in [2.24, 2.45) is 0 Å². The average Bonchev–Trinajstić information content (AvgIpc) is 2.33. The standard InChI is InChI=1S/C7H4BrNO2/c8-6-2-1-5-7(9-6)4(10)3-11-5/h1-2H,3H2. The zero-order valence-corrected chi connectivity index (χ0v) is 7.09. The molecule has 0 spiro atoms. The predicted octanol–water partition coefficient (Wildman–Crippen LogP) is 1.42. The number of carbonyl (C=O) groups excluding carboxylic acids is 1. The van der Waals surface area contributed by atoms with Gasteiger partial charge in [0, 0.05) is 0 Å². The van der Waals surface area contributed by atoms with Crippen LogP contribution in [0.3, 0.4) is 0 Å². The number of carbonyl (C=O) groups is 1. The number of ether oxygens (including phenoxy) is 1. The van der Waals surface area contributed by atoms with Crippen molar-refractivity contribution in [2.75, 3.05) is 6.61 Å². The third-order valence-electron chi connectivity index (χ3n) is 1.45. The molecule has 3 nitrogen and oxygen atoms in total. The molecule has 2 rings (SSSR count). The Bertz CT molecular complexity index is 324. The summed E-state index contributed by atoms with van der Waals surface area (Å²) in [4.78, 5) is 15.0. The molecule has 1 aromatic heterocycles. The Morgan fingerprint density at radius 3 is 3.18 bits per heavy atom. The molecule has 0 aromatic carbocycles. The van der Waals surface area contributed by atoms with Crippen molar-refractivity contribution in [3.8, 4) is 5.75 Å². The molecule has 0 unspecified atom stereocenters. The number of rotatable bonds is 0. The lowest BCUT2D eigenvalue weighted by atomic mass is 10.3. The summed E-state index contributed by atoms with van der Waals surface area (Å²) in [6.45, 7) is 0.124. The quantitative estimate of drug-likeness (QED) is 0.613. The largest absolute Gasteiger partial charge is 0.483 e. The SMILES string of the molecule is O=C1COc2ccc(Br)nc21. The van der Waals surface area contributed by atoms with Crippen molar-refractivity contribution < 1.29 is 9.53 Å². The number of ketones is 1.